The van der Waals surface area contributed by atoms with Gasteiger partial charge >= 0.3 is 0 Å². The molecule has 19 heteroatoms. The van der Waals surface area contributed by atoms with E-state index in [4.69, 9.17) is 18.9 Å². The van der Waals surface area contributed by atoms with Crippen molar-refractivity contribution in [2.45, 2.75) is 98.1 Å². The van der Waals surface area contributed by atoms with Crippen LogP contribution in [-0.2, 0) is 28.0 Å². The maximum atomic E-state index is 11.3. The quantitative estimate of drug-likeness (QED) is 0.122. The van der Waals surface area contributed by atoms with Gasteiger partial charge in [0.05, 0.1) is 20.9 Å². The molecule has 0 unspecified atom stereocenters. The minimum atomic E-state index is -5.58. The molecule has 0 aromatic carbocycles. The van der Waals surface area contributed by atoms with E-state index in [0.717, 1.165) is 0 Å². The summed E-state index contributed by atoms with van der Waals surface area (Å²) in [6.07, 6.45) is -13.9. The Morgan fingerprint density at radius 3 is 1.84 bits per heavy atom. The van der Waals surface area contributed by atoms with Crippen molar-refractivity contribution in [3.8, 4) is 0 Å². The third-order valence-corrected chi connectivity index (χ3v) is 7.65. The van der Waals surface area contributed by atoms with E-state index in [1.54, 1.807) is 0 Å². The maximum Gasteiger partial charge on any atom is 0.214 e. The number of ether oxygens (including phenoxy) is 4. The first-order valence-electron chi connectivity index (χ1n) is 12.0. The highest BCUT2D eigenvalue weighted by atomic mass is 31.2. The molecule has 1 aliphatic carbocycles. The number of phosphoric ester groups is 1. The van der Waals surface area contributed by atoms with E-state index in [1.807, 2.05) is 0 Å². The predicted molar refractivity (Wildman–Crippen MR) is 110 cm³/mol. The van der Waals surface area contributed by atoms with Crippen molar-refractivity contribution in [1.82, 2.24) is 0 Å². The molecule has 15 atom stereocenters. The zero-order valence-corrected chi connectivity index (χ0v) is 21.2. The Hall–Kier alpha value is -0.450. The Bertz CT molecular complexity index is 797. The smallest absolute Gasteiger partial charge is 0.214 e. The third-order valence-electron chi connectivity index (χ3n) is 7.15. The lowest BCUT2D eigenvalue weighted by Gasteiger charge is -2.47. The SMILES string of the molecule is [NH3+]C[C@H]1O[C@H](O[C@H]2[C@H](O)[C@@H](O[C@H]3O[C@H](CO)[C@@H](O)[C@H]([NH3+])[C@H]3OP(=O)([O-])[O-])[C@H]([NH3+])C[C@@H]2[NH3+])[C@H]([NH3+])[C@@H](O)[C@@H]1O. The van der Waals surface area contributed by atoms with Crippen molar-refractivity contribution >= 4 is 7.82 Å². The molecule has 0 amide bonds. The highest BCUT2D eigenvalue weighted by Crippen LogP contribution is 2.36. The fourth-order valence-corrected chi connectivity index (χ4v) is 5.55. The minimum absolute atomic E-state index is 0.131. The first-order chi connectivity index (χ1) is 17.2. The zero-order chi connectivity index (χ0) is 27.8. The second-order valence-electron chi connectivity index (χ2n) is 9.82. The van der Waals surface area contributed by atoms with E-state index < -0.39 is 106 Å². The van der Waals surface area contributed by atoms with E-state index in [-0.39, 0.29) is 13.0 Å². The number of rotatable bonds is 8. The summed E-state index contributed by atoms with van der Waals surface area (Å²) in [6.45, 7) is -0.544. The predicted octanol–water partition coefficient (Wildman–Crippen LogP) is -12.1. The van der Waals surface area contributed by atoms with Gasteiger partial charge in [0, 0.05) is 0 Å². The van der Waals surface area contributed by atoms with Crippen molar-refractivity contribution in [3.05, 3.63) is 0 Å². The van der Waals surface area contributed by atoms with Crippen molar-refractivity contribution < 1.29 is 92.0 Å². The number of aliphatic hydroxyl groups is 5. The summed E-state index contributed by atoms with van der Waals surface area (Å²) in [7, 11) is -5.58. The van der Waals surface area contributed by atoms with Gasteiger partial charge in [0.15, 0.2) is 18.4 Å². The standard InChI is InChI=1S/C18H38N5O13P/c19-2-6-11(26)12(27)9(23)17(32-6)34-14-4(20)1-5(21)15(13(14)28)35-18-16(36-37(29,30)31)8(22)10(25)7(3-24)33-18/h4-18,24-28H,1-3,19-23H2,(H2,29,30,31)/p+3/t4-,5+,6+,7+,8-,9+,10+,11+,12+,13-,14+,15-,16+,17+,18+/m0/s1. The largest absolute Gasteiger partial charge is 0.790 e. The van der Waals surface area contributed by atoms with Crippen molar-refractivity contribution in [2.75, 3.05) is 13.2 Å². The molecule has 2 heterocycles. The summed E-state index contributed by atoms with van der Waals surface area (Å²) in [5.41, 5.74) is 19.1. The molecule has 218 valence electrons. The molecule has 3 rings (SSSR count). The van der Waals surface area contributed by atoms with E-state index >= 15 is 0 Å². The summed E-state index contributed by atoms with van der Waals surface area (Å²) in [4.78, 5) is 22.7. The summed E-state index contributed by atoms with van der Waals surface area (Å²) in [5.74, 6) is 0. The molecule has 37 heavy (non-hydrogen) atoms. The van der Waals surface area contributed by atoms with Gasteiger partial charge in [-0.1, -0.05) is 0 Å². The van der Waals surface area contributed by atoms with Gasteiger partial charge in [-0.2, -0.15) is 0 Å². The van der Waals surface area contributed by atoms with Gasteiger partial charge in [-0.05, 0) is 0 Å². The van der Waals surface area contributed by atoms with Gasteiger partial charge in [0.2, 0.25) is 6.29 Å². The molecule has 20 N–H and O–H groups in total. The number of hydrogen-bond acceptors (Lipinski definition) is 13. The Kier molecular flexibility index (Phi) is 10.4. The van der Waals surface area contributed by atoms with Gasteiger partial charge in [-0.3, -0.25) is 0 Å². The number of phosphoric acid groups is 1. The average Bonchev–Trinajstić information content (AvgIpc) is 2.82. The van der Waals surface area contributed by atoms with Crippen LogP contribution in [-0.4, -0.2) is 130 Å². The molecule has 0 aromatic heterocycles. The molecule has 0 spiro atoms. The molecule has 0 radical (unpaired) electrons. The van der Waals surface area contributed by atoms with E-state index in [9.17, 15) is 39.9 Å². The first-order valence-corrected chi connectivity index (χ1v) is 13.4. The topological polar surface area (TPSA) is 349 Å². The lowest BCUT2D eigenvalue weighted by Crippen LogP contribution is -2.84. The second-order valence-corrected chi connectivity index (χ2v) is 10.9. The van der Waals surface area contributed by atoms with E-state index in [2.05, 4.69) is 33.2 Å². The van der Waals surface area contributed by atoms with Crippen LogP contribution in [0.15, 0.2) is 0 Å². The van der Waals surface area contributed by atoms with Crippen LogP contribution in [0.1, 0.15) is 6.42 Å². The molecule has 0 bridgehead atoms. The van der Waals surface area contributed by atoms with Crippen LogP contribution in [0.3, 0.4) is 0 Å². The molecule has 1 saturated carbocycles. The van der Waals surface area contributed by atoms with Gasteiger partial charge in [0.25, 0.3) is 0 Å². The second kappa shape index (κ2) is 12.4. The summed E-state index contributed by atoms with van der Waals surface area (Å²) >= 11 is 0. The molecule has 0 aromatic rings. The van der Waals surface area contributed by atoms with Crippen LogP contribution < -0.4 is 38.5 Å². The number of aliphatic hydroxyl groups excluding tert-OH is 5. The molecule has 2 saturated heterocycles. The Morgan fingerprint density at radius 2 is 1.32 bits per heavy atom. The highest BCUT2D eigenvalue weighted by Gasteiger charge is 2.55. The maximum absolute atomic E-state index is 11.3. The summed E-state index contributed by atoms with van der Waals surface area (Å²) in [5, 5.41) is 51.5. The van der Waals surface area contributed by atoms with Gasteiger partial charge < -0.3 is 92.0 Å². The van der Waals surface area contributed by atoms with Crippen molar-refractivity contribution in [2.24, 2.45) is 0 Å². The summed E-state index contributed by atoms with van der Waals surface area (Å²) in [6, 6.07) is -3.33. The molecule has 2 aliphatic heterocycles. The molecule has 3 aliphatic rings. The van der Waals surface area contributed by atoms with E-state index in [1.165, 1.54) is 0 Å². The van der Waals surface area contributed by atoms with E-state index in [0.29, 0.717) is 0 Å². The third kappa shape index (κ3) is 6.83. The highest BCUT2D eigenvalue weighted by molar-refractivity contribution is 7.43. The van der Waals surface area contributed by atoms with Gasteiger partial charge in [-0.15, -0.1) is 0 Å². The molecular formula is C18H41N5O13P+3. The van der Waals surface area contributed by atoms with Crippen LogP contribution in [0.4, 0.5) is 0 Å². The number of quaternary nitrogens is 5. The van der Waals surface area contributed by atoms with Crippen LogP contribution >= 0.6 is 7.82 Å². The molecule has 18 nitrogen and oxygen atoms in total. The van der Waals surface area contributed by atoms with Crippen LogP contribution in [0.5, 0.6) is 0 Å². The first kappa shape index (κ1) is 31.1. The normalized spacial score (nSPS) is 49.7. The Balaban J connectivity index is 1.80. The molecule has 3 fully saturated rings. The lowest BCUT2D eigenvalue weighted by molar-refractivity contribution is -0.539. The Morgan fingerprint density at radius 1 is 0.784 bits per heavy atom. The summed E-state index contributed by atoms with van der Waals surface area (Å²) < 4.78 is 38.9. The van der Waals surface area contributed by atoms with Gasteiger partial charge in [0.1, 0.15) is 73.5 Å². The number of hydrogen-bond donors (Lipinski definition) is 10. The zero-order valence-electron chi connectivity index (χ0n) is 20.3. The van der Waals surface area contributed by atoms with Crippen molar-refractivity contribution in [3.63, 3.8) is 0 Å². The van der Waals surface area contributed by atoms with Crippen LogP contribution in [0.25, 0.3) is 0 Å². The average molecular weight is 567 g/mol. The Labute approximate surface area is 211 Å². The monoisotopic (exact) mass is 566 g/mol. The fraction of sp³-hybridized carbons (Fsp3) is 1.00. The van der Waals surface area contributed by atoms with Crippen molar-refractivity contribution in [1.29, 1.82) is 0 Å². The van der Waals surface area contributed by atoms with Crippen LogP contribution in [0, 0.1) is 0 Å². The van der Waals surface area contributed by atoms with Gasteiger partial charge in [-0.25, -0.2) is 0 Å². The fourth-order valence-electron chi connectivity index (χ4n) is 4.99. The lowest BCUT2D eigenvalue weighted by atomic mass is 9.84. The minimum Gasteiger partial charge on any atom is -0.790 e. The van der Waals surface area contributed by atoms with Crippen LogP contribution in [0.2, 0.25) is 0 Å². The molecular weight excluding hydrogens is 525 g/mol.